The molecule has 0 fully saturated rings. The second kappa shape index (κ2) is 7.69. The summed E-state index contributed by atoms with van der Waals surface area (Å²) in [6.45, 7) is 0. The van der Waals surface area contributed by atoms with E-state index in [2.05, 4.69) is 5.32 Å². The summed E-state index contributed by atoms with van der Waals surface area (Å²) in [4.78, 5) is 0.557. The van der Waals surface area contributed by atoms with Gasteiger partial charge in [-0.05, 0) is 18.2 Å². The maximum Gasteiger partial charge on any atom is 0.161 e. The molecule has 0 unspecified atom stereocenters. The van der Waals surface area contributed by atoms with Crippen molar-refractivity contribution in [1.82, 2.24) is 0 Å². The lowest BCUT2D eigenvalue weighted by Crippen LogP contribution is -2.11. The number of benzene rings is 2. The number of hydrogen-bond acceptors (Lipinski definition) is 5. The molecule has 0 radical (unpaired) electrons. The van der Waals surface area contributed by atoms with E-state index in [-0.39, 0.29) is 0 Å². The highest BCUT2D eigenvalue weighted by molar-refractivity contribution is 7.81. The van der Waals surface area contributed by atoms with E-state index in [1.807, 2.05) is 30.3 Å². The van der Waals surface area contributed by atoms with Crippen LogP contribution in [0.25, 0.3) is 0 Å². The van der Waals surface area contributed by atoms with Gasteiger partial charge in [-0.1, -0.05) is 12.2 Å². The van der Waals surface area contributed by atoms with Crippen molar-refractivity contribution < 1.29 is 18.9 Å². The maximum absolute atomic E-state index is 5.46. The Balaban J connectivity index is 2.25. The predicted molar refractivity (Wildman–Crippen MR) is 94.4 cm³/mol. The van der Waals surface area contributed by atoms with Crippen LogP contribution in [0.1, 0.15) is 5.56 Å². The van der Waals surface area contributed by atoms with Gasteiger partial charge < -0.3 is 24.3 Å². The van der Waals surface area contributed by atoms with Gasteiger partial charge in [-0.15, -0.1) is 0 Å². The summed E-state index contributed by atoms with van der Waals surface area (Å²) in [5, 5.41) is 3.17. The lowest BCUT2D eigenvalue weighted by Gasteiger charge is -2.13. The van der Waals surface area contributed by atoms with Crippen LogP contribution in [0.15, 0.2) is 36.4 Å². The van der Waals surface area contributed by atoms with Crippen molar-refractivity contribution in [1.29, 1.82) is 0 Å². The molecule has 0 aliphatic carbocycles. The first-order valence-corrected chi connectivity index (χ1v) is 7.28. The number of rotatable bonds is 6. The highest BCUT2D eigenvalue weighted by Gasteiger charge is 2.09. The molecule has 0 aliphatic heterocycles. The van der Waals surface area contributed by atoms with Crippen LogP contribution in [-0.2, 0) is 0 Å². The van der Waals surface area contributed by atoms with Crippen LogP contribution in [-0.4, -0.2) is 33.4 Å². The van der Waals surface area contributed by atoms with E-state index in [1.54, 1.807) is 34.5 Å². The summed E-state index contributed by atoms with van der Waals surface area (Å²) in [6, 6.07) is 11.0. The Bertz CT molecular complexity index is 681. The van der Waals surface area contributed by atoms with E-state index in [0.717, 1.165) is 11.3 Å². The molecular weight excluding hydrogens is 314 g/mol. The normalized spacial score (nSPS) is 9.91. The number of hydrogen-bond donors (Lipinski definition) is 1. The molecule has 0 amide bonds. The standard InChI is InChI=1S/C17H19NO4S/c1-19-13-8-12(9-14(10-13)20-2)18-17(23)11-5-6-15(21-3)16(7-11)22-4/h5-10H,1-4H3,(H,18,23). The molecule has 0 aromatic heterocycles. The molecule has 6 heteroatoms. The number of thiocarbonyl (C=S) groups is 1. The van der Waals surface area contributed by atoms with Crippen molar-refractivity contribution >= 4 is 22.9 Å². The van der Waals surface area contributed by atoms with E-state index in [0.29, 0.717) is 28.0 Å². The number of methoxy groups -OCH3 is 4. The zero-order chi connectivity index (χ0) is 16.8. The molecule has 0 heterocycles. The molecule has 0 spiro atoms. The van der Waals surface area contributed by atoms with Crippen LogP contribution >= 0.6 is 12.2 Å². The summed E-state index contributed by atoms with van der Waals surface area (Å²) in [7, 11) is 6.39. The molecule has 122 valence electrons. The van der Waals surface area contributed by atoms with Gasteiger partial charge in [0.2, 0.25) is 0 Å². The second-order valence-electron chi connectivity index (χ2n) is 4.63. The van der Waals surface area contributed by atoms with Crippen molar-refractivity contribution in [3.05, 3.63) is 42.0 Å². The van der Waals surface area contributed by atoms with E-state index >= 15 is 0 Å². The first-order chi connectivity index (χ1) is 11.1. The zero-order valence-corrected chi connectivity index (χ0v) is 14.3. The van der Waals surface area contributed by atoms with Gasteiger partial charge in [-0.25, -0.2) is 0 Å². The van der Waals surface area contributed by atoms with E-state index in [4.69, 9.17) is 31.2 Å². The van der Waals surface area contributed by atoms with Gasteiger partial charge in [0.1, 0.15) is 16.5 Å². The molecule has 1 N–H and O–H groups in total. The SMILES string of the molecule is COc1cc(NC(=S)c2ccc(OC)c(OC)c2)cc(OC)c1. The van der Waals surface area contributed by atoms with Crippen molar-refractivity contribution in [2.24, 2.45) is 0 Å². The summed E-state index contributed by atoms with van der Waals surface area (Å²) in [5.41, 5.74) is 1.60. The van der Waals surface area contributed by atoms with Crippen molar-refractivity contribution in [3.8, 4) is 23.0 Å². The molecule has 0 saturated heterocycles. The van der Waals surface area contributed by atoms with Crippen molar-refractivity contribution in [2.45, 2.75) is 0 Å². The molecule has 0 saturated carbocycles. The molecule has 2 aromatic carbocycles. The third kappa shape index (κ3) is 4.04. The summed E-state index contributed by atoms with van der Waals surface area (Å²) in [6.07, 6.45) is 0. The monoisotopic (exact) mass is 333 g/mol. The minimum absolute atomic E-state index is 0.557. The fourth-order valence-electron chi connectivity index (χ4n) is 2.06. The molecule has 0 aliphatic rings. The average Bonchev–Trinajstić information content (AvgIpc) is 2.60. The van der Waals surface area contributed by atoms with Gasteiger partial charge in [-0.2, -0.15) is 0 Å². The van der Waals surface area contributed by atoms with Gasteiger partial charge in [-0.3, -0.25) is 0 Å². The largest absolute Gasteiger partial charge is 0.497 e. The minimum Gasteiger partial charge on any atom is -0.497 e. The molecule has 5 nitrogen and oxygen atoms in total. The molecule has 2 rings (SSSR count). The van der Waals surface area contributed by atoms with Crippen LogP contribution in [0.5, 0.6) is 23.0 Å². The fraction of sp³-hybridized carbons (Fsp3) is 0.235. The van der Waals surface area contributed by atoms with Crippen LogP contribution in [0.4, 0.5) is 5.69 Å². The van der Waals surface area contributed by atoms with Gasteiger partial charge in [0, 0.05) is 29.4 Å². The van der Waals surface area contributed by atoms with E-state index in [1.165, 1.54) is 0 Å². The average molecular weight is 333 g/mol. The van der Waals surface area contributed by atoms with Gasteiger partial charge in [0.25, 0.3) is 0 Å². The smallest absolute Gasteiger partial charge is 0.161 e. The Hall–Kier alpha value is -2.47. The number of anilines is 1. The number of ether oxygens (including phenoxy) is 4. The van der Waals surface area contributed by atoms with Crippen molar-refractivity contribution in [3.63, 3.8) is 0 Å². The zero-order valence-electron chi connectivity index (χ0n) is 13.5. The lowest BCUT2D eigenvalue weighted by molar-refractivity contribution is 0.355. The Kier molecular flexibility index (Phi) is 5.65. The minimum atomic E-state index is 0.557. The fourth-order valence-corrected chi connectivity index (χ4v) is 2.31. The Labute approximate surface area is 141 Å². The predicted octanol–water partition coefficient (Wildman–Crippen LogP) is 3.51. The van der Waals surface area contributed by atoms with Gasteiger partial charge in [0.05, 0.1) is 28.4 Å². The summed E-state index contributed by atoms with van der Waals surface area (Å²) in [5.74, 6) is 2.64. The summed E-state index contributed by atoms with van der Waals surface area (Å²) >= 11 is 5.46. The quantitative estimate of drug-likeness (QED) is 0.817. The van der Waals surface area contributed by atoms with Crippen LogP contribution in [0.3, 0.4) is 0 Å². The lowest BCUT2D eigenvalue weighted by atomic mass is 10.2. The summed E-state index contributed by atoms with van der Waals surface area (Å²) < 4.78 is 21.0. The molecule has 23 heavy (non-hydrogen) atoms. The number of nitrogens with one attached hydrogen (secondary N) is 1. The second-order valence-corrected chi connectivity index (χ2v) is 5.03. The molecule has 2 aromatic rings. The van der Waals surface area contributed by atoms with E-state index < -0.39 is 0 Å². The maximum atomic E-state index is 5.46. The van der Waals surface area contributed by atoms with Crippen LogP contribution in [0, 0.1) is 0 Å². The van der Waals surface area contributed by atoms with E-state index in [9.17, 15) is 0 Å². The molecule has 0 bridgehead atoms. The Morgan fingerprint density at radius 3 is 1.91 bits per heavy atom. The molecular formula is C17H19NO4S. The van der Waals surface area contributed by atoms with Gasteiger partial charge >= 0.3 is 0 Å². The highest BCUT2D eigenvalue weighted by Crippen LogP contribution is 2.29. The Morgan fingerprint density at radius 2 is 1.39 bits per heavy atom. The van der Waals surface area contributed by atoms with Crippen molar-refractivity contribution in [2.75, 3.05) is 33.8 Å². The van der Waals surface area contributed by atoms with Crippen LogP contribution in [0.2, 0.25) is 0 Å². The Morgan fingerprint density at radius 1 is 0.783 bits per heavy atom. The van der Waals surface area contributed by atoms with Crippen LogP contribution < -0.4 is 24.3 Å². The first kappa shape index (κ1) is 16.9. The topological polar surface area (TPSA) is 49.0 Å². The molecule has 0 atom stereocenters. The highest BCUT2D eigenvalue weighted by atomic mass is 32.1. The first-order valence-electron chi connectivity index (χ1n) is 6.87. The third-order valence-electron chi connectivity index (χ3n) is 3.26. The third-order valence-corrected chi connectivity index (χ3v) is 3.59. The van der Waals surface area contributed by atoms with Gasteiger partial charge in [0.15, 0.2) is 11.5 Å².